The van der Waals surface area contributed by atoms with Crippen LogP contribution in [-0.2, 0) is 4.79 Å². The van der Waals surface area contributed by atoms with Gasteiger partial charge >= 0.3 is 0 Å². The van der Waals surface area contributed by atoms with Crippen LogP contribution in [0.25, 0.3) is 0 Å². The third kappa shape index (κ3) is 1.55. The van der Waals surface area contributed by atoms with Gasteiger partial charge in [-0.25, -0.2) is 0 Å². The van der Waals surface area contributed by atoms with Crippen LogP contribution >= 0.6 is 0 Å². The van der Waals surface area contributed by atoms with Gasteiger partial charge in [0.15, 0.2) is 0 Å². The summed E-state index contributed by atoms with van der Waals surface area (Å²) in [4.78, 5) is 12.2. The lowest BCUT2D eigenvalue weighted by molar-refractivity contribution is -0.161. The van der Waals surface area contributed by atoms with E-state index >= 15 is 0 Å². The number of Topliss-reactive ketones (excluding diaryl/α,β-unsaturated/α-hetero) is 1. The standard InChI is InChI=1S/C14H24O/c1-3-14(4-2)12-10-8-6-5-7-9-11(12)13(14)15/h11-12H,3-10H2,1-2H3. The van der Waals surface area contributed by atoms with Gasteiger partial charge < -0.3 is 0 Å². The Morgan fingerprint density at radius 2 is 1.67 bits per heavy atom. The molecule has 0 saturated heterocycles. The first-order valence-electron chi connectivity index (χ1n) is 6.80. The van der Waals surface area contributed by atoms with Crippen molar-refractivity contribution in [3.05, 3.63) is 0 Å². The lowest BCUT2D eigenvalue weighted by atomic mass is 9.48. The van der Waals surface area contributed by atoms with Crippen molar-refractivity contribution in [1.82, 2.24) is 0 Å². The normalized spacial score (nSPS) is 34.9. The van der Waals surface area contributed by atoms with E-state index in [-0.39, 0.29) is 5.41 Å². The zero-order valence-corrected chi connectivity index (χ0v) is 10.2. The van der Waals surface area contributed by atoms with Crippen molar-refractivity contribution in [2.75, 3.05) is 0 Å². The maximum atomic E-state index is 12.2. The molecule has 2 aliphatic carbocycles. The second kappa shape index (κ2) is 4.27. The van der Waals surface area contributed by atoms with E-state index in [4.69, 9.17) is 0 Å². The molecule has 0 N–H and O–H groups in total. The third-order valence-corrected chi connectivity index (χ3v) is 5.07. The summed E-state index contributed by atoms with van der Waals surface area (Å²) in [7, 11) is 0. The van der Waals surface area contributed by atoms with Gasteiger partial charge in [0, 0.05) is 11.3 Å². The molecule has 0 aliphatic heterocycles. The minimum atomic E-state index is 0.0992. The van der Waals surface area contributed by atoms with Crippen LogP contribution in [0.15, 0.2) is 0 Å². The van der Waals surface area contributed by atoms with E-state index in [1.807, 2.05) is 0 Å². The van der Waals surface area contributed by atoms with Gasteiger partial charge in [0.2, 0.25) is 0 Å². The third-order valence-electron chi connectivity index (χ3n) is 5.07. The number of hydrogen-bond donors (Lipinski definition) is 0. The monoisotopic (exact) mass is 208 g/mol. The molecular formula is C14H24O. The molecule has 0 bridgehead atoms. The SMILES string of the molecule is CCC1(CC)C(=O)C2CCCCCCC21. The first kappa shape index (κ1) is 11.2. The molecule has 86 valence electrons. The summed E-state index contributed by atoms with van der Waals surface area (Å²) >= 11 is 0. The fraction of sp³-hybridized carbons (Fsp3) is 0.929. The summed E-state index contributed by atoms with van der Waals surface area (Å²) in [6.45, 7) is 4.41. The first-order chi connectivity index (χ1) is 7.26. The van der Waals surface area contributed by atoms with Gasteiger partial charge in [-0.2, -0.15) is 0 Å². The number of carbonyl (C=O) groups excluding carboxylic acids is 1. The van der Waals surface area contributed by atoms with Crippen molar-refractivity contribution >= 4 is 5.78 Å². The van der Waals surface area contributed by atoms with Crippen molar-refractivity contribution < 1.29 is 4.79 Å². The molecule has 0 aromatic rings. The molecule has 0 radical (unpaired) electrons. The summed E-state index contributed by atoms with van der Waals surface area (Å²) in [5, 5.41) is 0. The van der Waals surface area contributed by atoms with Crippen LogP contribution in [0.4, 0.5) is 0 Å². The summed E-state index contributed by atoms with van der Waals surface area (Å²) in [5.41, 5.74) is 0.0992. The van der Waals surface area contributed by atoms with E-state index in [1.165, 1.54) is 38.5 Å². The van der Waals surface area contributed by atoms with Crippen molar-refractivity contribution in [2.24, 2.45) is 17.3 Å². The van der Waals surface area contributed by atoms with Crippen molar-refractivity contribution in [1.29, 1.82) is 0 Å². The fourth-order valence-electron chi connectivity index (χ4n) is 4.04. The van der Waals surface area contributed by atoms with E-state index in [9.17, 15) is 4.79 Å². The van der Waals surface area contributed by atoms with Gasteiger partial charge in [-0.1, -0.05) is 39.5 Å². The van der Waals surface area contributed by atoms with Gasteiger partial charge in [0.1, 0.15) is 5.78 Å². The summed E-state index contributed by atoms with van der Waals surface area (Å²) in [6.07, 6.45) is 10.0. The number of carbonyl (C=O) groups is 1. The van der Waals surface area contributed by atoms with E-state index in [0.717, 1.165) is 18.8 Å². The lowest BCUT2D eigenvalue weighted by Crippen LogP contribution is -2.57. The van der Waals surface area contributed by atoms with Gasteiger partial charge in [-0.3, -0.25) is 4.79 Å². The molecule has 2 fully saturated rings. The molecule has 0 aromatic carbocycles. The Morgan fingerprint density at radius 3 is 2.27 bits per heavy atom. The second-order valence-electron chi connectivity index (χ2n) is 5.43. The first-order valence-corrected chi connectivity index (χ1v) is 6.80. The average molecular weight is 208 g/mol. The van der Waals surface area contributed by atoms with E-state index < -0.39 is 0 Å². The minimum Gasteiger partial charge on any atom is -0.299 e. The Bertz CT molecular complexity index is 240. The number of rotatable bonds is 2. The van der Waals surface area contributed by atoms with Crippen LogP contribution in [0.1, 0.15) is 65.2 Å². The van der Waals surface area contributed by atoms with Crippen LogP contribution in [-0.4, -0.2) is 5.78 Å². The maximum Gasteiger partial charge on any atom is 0.142 e. The minimum absolute atomic E-state index is 0.0992. The largest absolute Gasteiger partial charge is 0.299 e. The number of hydrogen-bond acceptors (Lipinski definition) is 1. The van der Waals surface area contributed by atoms with Crippen molar-refractivity contribution in [3.63, 3.8) is 0 Å². The molecule has 0 aromatic heterocycles. The highest BCUT2D eigenvalue weighted by atomic mass is 16.1. The Labute approximate surface area is 93.6 Å². The smallest absolute Gasteiger partial charge is 0.142 e. The van der Waals surface area contributed by atoms with Gasteiger partial charge in [-0.05, 0) is 31.6 Å². The zero-order chi connectivity index (χ0) is 10.9. The van der Waals surface area contributed by atoms with Crippen LogP contribution in [0.2, 0.25) is 0 Å². The second-order valence-corrected chi connectivity index (χ2v) is 5.43. The van der Waals surface area contributed by atoms with E-state index in [0.29, 0.717) is 11.7 Å². The molecule has 2 aliphatic rings. The predicted molar refractivity (Wildman–Crippen MR) is 62.7 cm³/mol. The van der Waals surface area contributed by atoms with Crippen molar-refractivity contribution in [2.45, 2.75) is 65.2 Å². The quantitative estimate of drug-likeness (QED) is 0.671. The van der Waals surface area contributed by atoms with Gasteiger partial charge in [0.05, 0.1) is 0 Å². The highest BCUT2D eigenvalue weighted by molar-refractivity contribution is 5.93. The molecule has 0 heterocycles. The lowest BCUT2D eigenvalue weighted by Gasteiger charge is -2.54. The summed E-state index contributed by atoms with van der Waals surface area (Å²) in [5.74, 6) is 1.80. The Morgan fingerprint density at radius 1 is 1.07 bits per heavy atom. The van der Waals surface area contributed by atoms with Gasteiger partial charge in [-0.15, -0.1) is 0 Å². The van der Waals surface area contributed by atoms with Crippen LogP contribution in [0, 0.1) is 17.3 Å². The molecule has 0 spiro atoms. The summed E-state index contributed by atoms with van der Waals surface area (Å²) in [6, 6.07) is 0. The predicted octanol–water partition coefficient (Wildman–Crippen LogP) is 3.96. The molecule has 2 unspecified atom stereocenters. The highest BCUT2D eigenvalue weighted by Gasteiger charge is 2.58. The molecule has 1 nitrogen and oxygen atoms in total. The Hall–Kier alpha value is -0.330. The maximum absolute atomic E-state index is 12.2. The number of fused-ring (bicyclic) bond motifs is 1. The molecule has 2 atom stereocenters. The average Bonchev–Trinajstić information content (AvgIpc) is 2.22. The Kier molecular flexibility index (Phi) is 3.18. The molecule has 1 heteroatoms. The topological polar surface area (TPSA) is 17.1 Å². The molecule has 15 heavy (non-hydrogen) atoms. The molecule has 2 rings (SSSR count). The van der Waals surface area contributed by atoms with E-state index in [2.05, 4.69) is 13.8 Å². The molecular weight excluding hydrogens is 184 g/mol. The van der Waals surface area contributed by atoms with E-state index in [1.54, 1.807) is 0 Å². The zero-order valence-electron chi connectivity index (χ0n) is 10.2. The molecule has 0 amide bonds. The molecule has 2 saturated carbocycles. The fourth-order valence-corrected chi connectivity index (χ4v) is 4.04. The van der Waals surface area contributed by atoms with Crippen molar-refractivity contribution in [3.8, 4) is 0 Å². The Balaban J connectivity index is 2.13. The highest BCUT2D eigenvalue weighted by Crippen LogP contribution is 2.56. The van der Waals surface area contributed by atoms with Crippen LogP contribution in [0.3, 0.4) is 0 Å². The number of ketones is 1. The van der Waals surface area contributed by atoms with Gasteiger partial charge in [0.25, 0.3) is 0 Å². The summed E-state index contributed by atoms with van der Waals surface area (Å²) < 4.78 is 0. The van der Waals surface area contributed by atoms with Crippen LogP contribution < -0.4 is 0 Å². The van der Waals surface area contributed by atoms with Crippen LogP contribution in [0.5, 0.6) is 0 Å².